The summed E-state index contributed by atoms with van der Waals surface area (Å²) >= 11 is 0. The molecule has 0 atom stereocenters. The first-order valence-electron chi connectivity index (χ1n) is 10.6. The van der Waals surface area contributed by atoms with E-state index in [1.54, 1.807) is 67.6 Å². The molecule has 0 aliphatic carbocycles. The number of benzene rings is 2. The fourth-order valence-corrected chi connectivity index (χ4v) is 3.45. The number of ketones is 1. The monoisotopic (exact) mass is 463 g/mol. The Kier molecular flexibility index (Phi) is 7.97. The molecule has 1 aliphatic rings. The normalized spacial score (nSPS) is 15.9. The van der Waals surface area contributed by atoms with Gasteiger partial charge in [0.15, 0.2) is 5.78 Å². The number of Topliss-reactive ketones (excluding diaryl/α,β-unsaturated/α-hetero) is 1. The third-order valence-electron chi connectivity index (χ3n) is 5.18. The lowest BCUT2D eigenvalue weighted by atomic mass is 9.94. The first-order valence-corrected chi connectivity index (χ1v) is 10.6. The zero-order chi connectivity index (χ0) is 24.7. The lowest BCUT2D eigenvalue weighted by molar-refractivity contribution is -0.113. The minimum atomic E-state index is -0.520. The summed E-state index contributed by atoms with van der Waals surface area (Å²) in [6, 6.07) is 13.2. The first kappa shape index (κ1) is 24.4. The van der Waals surface area contributed by atoms with E-state index in [4.69, 9.17) is 14.2 Å². The molecule has 1 heterocycles. The fourth-order valence-electron chi connectivity index (χ4n) is 3.45. The van der Waals surface area contributed by atoms with Crippen LogP contribution < -0.4 is 0 Å². The second-order valence-electron chi connectivity index (χ2n) is 7.45. The van der Waals surface area contributed by atoms with Crippen LogP contribution in [0.4, 0.5) is 4.79 Å². The van der Waals surface area contributed by atoms with Crippen molar-refractivity contribution in [2.75, 3.05) is 33.9 Å². The molecule has 0 radical (unpaired) electrons. The van der Waals surface area contributed by atoms with Crippen molar-refractivity contribution in [3.63, 3.8) is 0 Å². The molecule has 8 heteroatoms. The van der Waals surface area contributed by atoms with Gasteiger partial charge in [-0.15, -0.1) is 0 Å². The second kappa shape index (κ2) is 11.1. The molecule has 0 spiro atoms. The van der Waals surface area contributed by atoms with Gasteiger partial charge in [0.05, 0.1) is 45.0 Å². The highest BCUT2D eigenvalue weighted by molar-refractivity contribution is 6.15. The maximum atomic E-state index is 13.2. The van der Waals surface area contributed by atoms with Gasteiger partial charge in [-0.05, 0) is 54.5 Å². The van der Waals surface area contributed by atoms with Gasteiger partial charge in [0.1, 0.15) is 0 Å². The summed E-state index contributed by atoms with van der Waals surface area (Å²) in [5.74, 6) is -1.11. The van der Waals surface area contributed by atoms with Gasteiger partial charge in [0, 0.05) is 11.1 Å². The van der Waals surface area contributed by atoms with E-state index >= 15 is 0 Å². The van der Waals surface area contributed by atoms with Crippen LogP contribution in [0.3, 0.4) is 0 Å². The van der Waals surface area contributed by atoms with E-state index in [1.807, 2.05) is 0 Å². The van der Waals surface area contributed by atoms with Crippen LogP contribution in [0.25, 0.3) is 12.2 Å². The van der Waals surface area contributed by atoms with E-state index in [1.165, 1.54) is 19.1 Å². The minimum Gasteiger partial charge on any atom is -0.465 e. The number of hydrogen-bond donors (Lipinski definition) is 0. The van der Waals surface area contributed by atoms with Gasteiger partial charge < -0.3 is 14.2 Å². The van der Waals surface area contributed by atoms with Crippen molar-refractivity contribution < 1.29 is 33.4 Å². The highest BCUT2D eigenvalue weighted by atomic mass is 16.6. The summed E-state index contributed by atoms with van der Waals surface area (Å²) in [7, 11) is 2.61. The Morgan fingerprint density at radius 2 is 1.21 bits per heavy atom. The number of rotatable bonds is 5. The number of methoxy groups -OCH3 is 2. The summed E-state index contributed by atoms with van der Waals surface area (Å²) in [5.41, 5.74) is 2.99. The van der Waals surface area contributed by atoms with Crippen LogP contribution in [0.1, 0.15) is 38.8 Å². The largest absolute Gasteiger partial charge is 0.465 e. The molecule has 0 aromatic heterocycles. The molecule has 3 rings (SSSR count). The Bertz CT molecular complexity index is 1060. The molecule has 0 unspecified atom stereocenters. The number of amides is 1. The van der Waals surface area contributed by atoms with Crippen molar-refractivity contribution in [1.29, 1.82) is 0 Å². The molecule has 1 saturated heterocycles. The Morgan fingerprint density at radius 1 is 0.794 bits per heavy atom. The van der Waals surface area contributed by atoms with Crippen molar-refractivity contribution in [2.24, 2.45) is 0 Å². The van der Waals surface area contributed by atoms with Gasteiger partial charge in [-0.1, -0.05) is 24.3 Å². The van der Waals surface area contributed by atoms with Gasteiger partial charge in [-0.3, -0.25) is 9.69 Å². The van der Waals surface area contributed by atoms with E-state index in [0.29, 0.717) is 33.4 Å². The number of nitrogens with zero attached hydrogens (tertiary/aromatic N) is 1. The molecule has 1 amide bonds. The molecule has 0 saturated carbocycles. The van der Waals surface area contributed by atoms with Gasteiger partial charge in [-0.25, -0.2) is 14.4 Å². The fraction of sp³-hybridized carbons (Fsp3) is 0.231. The molecule has 2 aromatic carbocycles. The third-order valence-corrected chi connectivity index (χ3v) is 5.18. The van der Waals surface area contributed by atoms with Crippen LogP contribution in [0.2, 0.25) is 0 Å². The van der Waals surface area contributed by atoms with Crippen molar-refractivity contribution in [3.8, 4) is 0 Å². The molecule has 8 nitrogen and oxygen atoms in total. The van der Waals surface area contributed by atoms with Crippen LogP contribution in [0.5, 0.6) is 0 Å². The molecule has 1 aliphatic heterocycles. The zero-order valence-corrected chi connectivity index (χ0v) is 19.2. The van der Waals surface area contributed by atoms with Gasteiger partial charge in [0.25, 0.3) is 0 Å². The minimum absolute atomic E-state index is 0.0923. The lowest BCUT2D eigenvalue weighted by Gasteiger charge is -2.29. The van der Waals surface area contributed by atoms with Crippen LogP contribution in [0, 0.1) is 0 Å². The predicted molar refractivity (Wildman–Crippen MR) is 125 cm³/mol. The maximum Gasteiger partial charge on any atom is 0.410 e. The Hall–Kier alpha value is -4.20. The van der Waals surface area contributed by atoms with Crippen LogP contribution in [-0.2, 0) is 19.0 Å². The van der Waals surface area contributed by atoms with E-state index < -0.39 is 18.0 Å². The summed E-state index contributed by atoms with van der Waals surface area (Å²) in [6.45, 7) is 2.11. The number of piperidine rings is 1. The summed E-state index contributed by atoms with van der Waals surface area (Å²) < 4.78 is 14.5. The SMILES string of the molecule is CCOC(=O)N1C/C(=C/c2ccc(C(=O)OC)cc2)C(=O)/C(=C\c2ccc(C(=O)OC)cc2)C1. The van der Waals surface area contributed by atoms with E-state index in [0.717, 1.165) is 0 Å². The van der Waals surface area contributed by atoms with Crippen molar-refractivity contribution >= 4 is 36.0 Å². The number of hydrogen-bond acceptors (Lipinski definition) is 7. The number of carbonyl (C=O) groups is 4. The first-order chi connectivity index (χ1) is 16.4. The van der Waals surface area contributed by atoms with Gasteiger partial charge >= 0.3 is 18.0 Å². The molecule has 1 fully saturated rings. The molecular weight excluding hydrogens is 438 g/mol. The lowest BCUT2D eigenvalue weighted by Crippen LogP contribution is -2.41. The molecule has 0 bridgehead atoms. The van der Waals surface area contributed by atoms with E-state index in [9.17, 15) is 19.2 Å². The van der Waals surface area contributed by atoms with Gasteiger partial charge in [0.2, 0.25) is 0 Å². The highest BCUT2D eigenvalue weighted by Gasteiger charge is 2.29. The Morgan fingerprint density at radius 3 is 1.56 bits per heavy atom. The number of likely N-dealkylation sites (tertiary alicyclic amines) is 1. The average Bonchev–Trinajstić information content (AvgIpc) is 2.86. The molecule has 34 heavy (non-hydrogen) atoms. The maximum absolute atomic E-state index is 13.2. The smallest absolute Gasteiger partial charge is 0.410 e. The summed E-state index contributed by atoms with van der Waals surface area (Å²) in [6.07, 6.45) is 2.85. The Labute approximate surface area is 197 Å². The number of esters is 2. The third kappa shape index (κ3) is 5.78. The zero-order valence-electron chi connectivity index (χ0n) is 19.2. The quantitative estimate of drug-likeness (QED) is 0.378. The standard InChI is InChI=1S/C26H25NO7/c1-4-34-26(31)27-15-21(13-17-5-9-19(10-6-17)24(29)32-2)23(28)22(16-27)14-18-7-11-20(12-8-18)25(30)33-3/h5-14H,4,15-16H2,1-3H3/b21-13-,22-14-. The van der Waals surface area contributed by atoms with Gasteiger partial charge in [-0.2, -0.15) is 0 Å². The predicted octanol–water partition coefficient (Wildman–Crippen LogP) is 3.77. The highest BCUT2D eigenvalue weighted by Crippen LogP contribution is 2.23. The van der Waals surface area contributed by atoms with Crippen LogP contribution in [-0.4, -0.2) is 62.6 Å². The van der Waals surface area contributed by atoms with Crippen molar-refractivity contribution in [1.82, 2.24) is 4.90 Å². The van der Waals surface area contributed by atoms with Crippen molar-refractivity contribution in [3.05, 3.63) is 81.9 Å². The number of ether oxygens (including phenoxy) is 3. The summed E-state index contributed by atoms with van der Waals surface area (Å²) in [4.78, 5) is 50.4. The number of carbonyl (C=O) groups excluding carboxylic acids is 4. The summed E-state index contributed by atoms with van der Waals surface area (Å²) in [5, 5.41) is 0. The molecule has 2 aromatic rings. The van der Waals surface area contributed by atoms with E-state index in [-0.39, 0.29) is 25.5 Å². The molecular formula is C26H25NO7. The van der Waals surface area contributed by atoms with Crippen molar-refractivity contribution in [2.45, 2.75) is 6.92 Å². The van der Waals surface area contributed by atoms with E-state index in [2.05, 4.69) is 0 Å². The Balaban J connectivity index is 1.93. The topological polar surface area (TPSA) is 99.2 Å². The molecule has 176 valence electrons. The van der Waals surface area contributed by atoms with Crippen LogP contribution >= 0.6 is 0 Å². The van der Waals surface area contributed by atoms with Crippen LogP contribution in [0.15, 0.2) is 59.7 Å². The average molecular weight is 463 g/mol. The second-order valence-corrected chi connectivity index (χ2v) is 7.45. The molecule has 0 N–H and O–H groups in total.